The number of nitrogens with zero attached hydrogens (tertiary/aromatic N) is 1. The summed E-state index contributed by atoms with van der Waals surface area (Å²) in [5, 5.41) is 17.2. The van der Waals surface area contributed by atoms with Gasteiger partial charge >= 0.3 is 5.97 Å². The van der Waals surface area contributed by atoms with Crippen molar-refractivity contribution in [2.75, 3.05) is 12.3 Å². The van der Waals surface area contributed by atoms with Gasteiger partial charge in [-0.1, -0.05) is 40.5 Å². The Morgan fingerprint density at radius 3 is 1.94 bits per heavy atom. The van der Waals surface area contributed by atoms with Gasteiger partial charge < -0.3 is 38.3 Å². The van der Waals surface area contributed by atoms with Gasteiger partial charge in [0.1, 0.15) is 18.1 Å². The number of guanidine groups is 1. The Balaban J connectivity index is 5.32. The van der Waals surface area contributed by atoms with Crippen molar-refractivity contribution in [1.82, 2.24) is 16.0 Å². The molecule has 0 heterocycles. The Labute approximate surface area is 206 Å². The van der Waals surface area contributed by atoms with Crippen LogP contribution in [0.3, 0.4) is 0 Å². The molecule has 3 amide bonds. The molecule has 13 heteroatoms. The van der Waals surface area contributed by atoms with Crippen molar-refractivity contribution in [3.05, 3.63) is 0 Å². The van der Waals surface area contributed by atoms with E-state index in [-0.39, 0.29) is 36.5 Å². The van der Waals surface area contributed by atoms with E-state index < -0.39 is 47.9 Å². The number of thiol groups is 1. The minimum Gasteiger partial charge on any atom is -0.480 e. The fourth-order valence-corrected chi connectivity index (χ4v) is 3.21. The molecule has 0 unspecified atom stereocenters. The molecule has 6 atom stereocenters. The summed E-state index contributed by atoms with van der Waals surface area (Å²) in [4.78, 5) is 53.6. The zero-order chi connectivity index (χ0) is 26.4. The summed E-state index contributed by atoms with van der Waals surface area (Å²) in [6.07, 6.45) is 1.66. The molecule has 0 spiro atoms. The van der Waals surface area contributed by atoms with E-state index in [1.165, 1.54) is 0 Å². The molecule has 0 saturated heterocycles. The average molecular weight is 504 g/mol. The number of aliphatic imine (C=N–C) groups is 1. The zero-order valence-corrected chi connectivity index (χ0v) is 21.3. The minimum absolute atomic E-state index is 0.0117. The van der Waals surface area contributed by atoms with Crippen molar-refractivity contribution in [2.45, 2.75) is 77.5 Å². The van der Waals surface area contributed by atoms with Crippen LogP contribution in [0.1, 0.15) is 53.4 Å². The van der Waals surface area contributed by atoms with Gasteiger partial charge in [0.15, 0.2) is 5.96 Å². The lowest BCUT2D eigenvalue weighted by molar-refractivity contribution is -0.142. The molecule has 0 aliphatic heterocycles. The van der Waals surface area contributed by atoms with E-state index in [1.54, 1.807) is 6.92 Å². The molecule has 0 radical (unpaired) electrons. The predicted octanol–water partition coefficient (Wildman–Crippen LogP) is -1.07. The summed E-state index contributed by atoms with van der Waals surface area (Å²) >= 11 is 4.14. The first kappa shape index (κ1) is 31.5. The lowest BCUT2D eigenvalue weighted by atomic mass is 9.97. The van der Waals surface area contributed by atoms with E-state index in [0.29, 0.717) is 19.3 Å². The highest BCUT2D eigenvalue weighted by atomic mass is 32.1. The standard InChI is InChI=1S/C21H41N7O5S/c1-5-11(3)15(22)18(30)27-14(10-34)17(29)28-16(12(4)6-2)19(31)26-13(20(32)33)8-7-9-25-21(23)24/h11-16,34H,5-10,22H2,1-4H3,(H,26,31)(H,27,30)(H,28,29)(H,32,33)(H4,23,24,25)/t11-,12-,13-,14-,15-,16-/m0/s1. The molecule has 0 aromatic rings. The van der Waals surface area contributed by atoms with Crippen LogP contribution in [-0.2, 0) is 19.2 Å². The third-order valence-corrected chi connectivity index (χ3v) is 6.09. The molecule has 0 fully saturated rings. The number of amides is 3. The van der Waals surface area contributed by atoms with Crippen LogP contribution in [0.25, 0.3) is 0 Å². The topological polar surface area (TPSA) is 215 Å². The second kappa shape index (κ2) is 16.1. The van der Waals surface area contributed by atoms with Gasteiger partial charge in [-0.05, 0) is 24.7 Å². The quantitative estimate of drug-likeness (QED) is 0.0560. The lowest BCUT2D eigenvalue weighted by Gasteiger charge is -2.28. The second-order valence-electron chi connectivity index (χ2n) is 8.38. The highest BCUT2D eigenvalue weighted by Gasteiger charge is 2.32. The number of carboxylic acids is 1. The molecule has 34 heavy (non-hydrogen) atoms. The normalized spacial score (nSPS) is 16.2. The van der Waals surface area contributed by atoms with E-state index in [9.17, 15) is 24.3 Å². The number of hydrogen-bond donors (Lipinski definition) is 8. The number of nitrogens with one attached hydrogen (secondary N) is 3. The van der Waals surface area contributed by atoms with Gasteiger partial charge in [0.25, 0.3) is 0 Å². The SMILES string of the molecule is CC[C@H](C)[C@H](N)C(=O)N[C@@H](CS)C(=O)N[C@H](C(=O)N[C@@H](CCCN=C(N)N)C(=O)O)[C@@H](C)CC. The third-order valence-electron chi connectivity index (χ3n) is 5.73. The number of carbonyl (C=O) groups excluding carboxylic acids is 3. The zero-order valence-electron chi connectivity index (χ0n) is 20.4. The summed E-state index contributed by atoms with van der Waals surface area (Å²) in [6.45, 7) is 7.55. The Morgan fingerprint density at radius 2 is 1.47 bits per heavy atom. The number of nitrogens with two attached hydrogens (primary N) is 3. The Bertz CT molecular complexity index is 718. The average Bonchev–Trinajstić information content (AvgIpc) is 2.80. The maximum absolute atomic E-state index is 12.9. The number of carbonyl (C=O) groups is 4. The van der Waals surface area contributed by atoms with Crippen LogP contribution in [0.4, 0.5) is 0 Å². The van der Waals surface area contributed by atoms with E-state index in [1.807, 2.05) is 20.8 Å². The van der Waals surface area contributed by atoms with Crippen molar-refractivity contribution in [1.29, 1.82) is 0 Å². The second-order valence-corrected chi connectivity index (χ2v) is 8.74. The van der Waals surface area contributed by atoms with Gasteiger partial charge in [0.05, 0.1) is 6.04 Å². The smallest absolute Gasteiger partial charge is 0.326 e. The number of rotatable bonds is 16. The van der Waals surface area contributed by atoms with Gasteiger partial charge in [0.2, 0.25) is 17.7 Å². The Morgan fingerprint density at radius 1 is 0.912 bits per heavy atom. The van der Waals surface area contributed by atoms with Crippen LogP contribution in [0.2, 0.25) is 0 Å². The minimum atomic E-state index is -1.22. The summed E-state index contributed by atoms with van der Waals surface area (Å²) in [6, 6.07) is -4.00. The molecule has 0 rings (SSSR count). The molecule has 0 aromatic heterocycles. The van der Waals surface area contributed by atoms with Gasteiger partial charge in [-0.25, -0.2) is 4.79 Å². The van der Waals surface area contributed by atoms with Crippen LogP contribution >= 0.6 is 12.6 Å². The maximum Gasteiger partial charge on any atom is 0.326 e. The number of carboxylic acid groups (broad SMARTS) is 1. The van der Waals surface area contributed by atoms with Gasteiger partial charge in [-0.2, -0.15) is 12.6 Å². The summed E-state index contributed by atoms with van der Waals surface area (Å²) in [5.41, 5.74) is 16.4. The van der Waals surface area contributed by atoms with E-state index >= 15 is 0 Å². The summed E-state index contributed by atoms with van der Waals surface area (Å²) in [5.74, 6) is -3.46. The van der Waals surface area contributed by atoms with Crippen molar-refractivity contribution < 1.29 is 24.3 Å². The van der Waals surface area contributed by atoms with Crippen molar-refractivity contribution in [2.24, 2.45) is 34.0 Å². The molecular weight excluding hydrogens is 462 g/mol. The van der Waals surface area contributed by atoms with Gasteiger partial charge in [-0.3, -0.25) is 19.4 Å². The Hall–Kier alpha value is -2.54. The largest absolute Gasteiger partial charge is 0.480 e. The van der Waals surface area contributed by atoms with Crippen LogP contribution in [0.15, 0.2) is 4.99 Å². The van der Waals surface area contributed by atoms with Crippen LogP contribution in [0, 0.1) is 11.8 Å². The van der Waals surface area contributed by atoms with Crippen molar-refractivity contribution in [3.8, 4) is 0 Å². The molecular formula is C21H41N7O5S. The molecule has 0 aliphatic rings. The van der Waals surface area contributed by atoms with Crippen molar-refractivity contribution >= 4 is 42.3 Å². The molecule has 0 aromatic carbocycles. The van der Waals surface area contributed by atoms with E-state index in [0.717, 1.165) is 0 Å². The van der Waals surface area contributed by atoms with E-state index in [2.05, 4.69) is 33.6 Å². The number of hydrogen-bond acceptors (Lipinski definition) is 7. The first-order chi connectivity index (χ1) is 15.9. The van der Waals surface area contributed by atoms with Gasteiger partial charge in [0, 0.05) is 12.3 Å². The molecule has 10 N–H and O–H groups in total. The molecule has 0 saturated carbocycles. The first-order valence-electron chi connectivity index (χ1n) is 11.4. The monoisotopic (exact) mass is 503 g/mol. The number of aliphatic carboxylic acids is 1. The summed E-state index contributed by atoms with van der Waals surface area (Å²) in [7, 11) is 0. The lowest BCUT2D eigenvalue weighted by Crippen LogP contribution is -2.59. The molecule has 0 bridgehead atoms. The third kappa shape index (κ3) is 11.1. The molecule has 12 nitrogen and oxygen atoms in total. The summed E-state index contributed by atoms with van der Waals surface area (Å²) < 4.78 is 0. The van der Waals surface area contributed by atoms with Crippen LogP contribution < -0.4 is 33.2 Å². The first-order valence-corrected chi connectivity index (χ1v) is 12.1. The predicted molar refractivity (Wildman–Crippen MR) is 134 cm³/mol. The highest BCUT2D eigenvalue weighted by Crippen LogP contribution is 2.11. The van der Waals surface area contributed by atoms with Crippen LogP contribution in [-0.4, -0.2) is 71.2 Å². The fourth-order valence-electron chi connectivity index (χ4n) is 2.95. The van der Waals surface area contributed by atoms with Crippen molar-refractivity contribution in [3.63, 3.8) is 0 Å². The fraction of sp³-hybridized carbons (Fsp3) is 0.762. The Kier molecular flexibility index (Phi) is 14.9. The van der Waals surface area contributed by atoms with Gasteiger partial charge in [-0.15, -0.1) is 0 Å². The molecule has 196 valence electrons. The highest BCUT2D eigenvalue weighted by molar-refractivity contribution is 7.80. The maximum atomic E-state index is 12.9. The molecule has 0 aliphatic carbocycles. The van der Waals surface area contributed by atoms with Crippen LogP contribution in [0.5, 0.6) is 0 Å². The van der Waals surface area contributed by atoms with E-state index in [4.69, 9.17) is 17.2 Å².